The van der Waals surface area contributed by atoms with Gasteiger partial charge in [0.2, 0.25) is 0 Å². The second-order valence-corrected chi connectivity index (χ2v) is 7.21. The van der Waals surface area contributed by atoms with E-state index in [0.29, 0.717) is 6.04 Å². The number of rotatable bonds is 5. The minimum absolute atomic E-state index is 0.108. The number of carbonyl (C=O) groups is 1. The summed E-state index contributed by atoms with van der Waals surface area (Å²) in [6, 6.07) is 7.92. The summed E-state index contributed by atoms with van der Waals surface area (Å²) in [7, 11) is 0. The van der Waals surface area contributed by atoms with Crippen molar-refractivity contribution in [3.8, 4) is 5.75 Å². The zero-order valence-corrected chi connectivity index (χ0v) is 14.7. The molecule has 4 rings (SSSR count). The molecule has 2 heterocycles. The third-order valence-electron chi connectivity index (χ3n) is 5.22. The van der Waals surface area contributed by atoms with E-state index in [2.05, 4.69) is 9.55 Å². The number of aryl methyl sites for hydroxylation is 1. The first-order chi connectivity index (χ1) is 12.2. The number of aromatic nitrogens is 2. The molecular weight excluding hydrogens is 314 g/mol. The second-order valence-electron chi connectivity index (χ2n) is 7.21. The Bertz CT molecular complexity index is 734. The van der Waals surface area contributed by atoms with Crippen LogP contribution in [0, 0.1) is 12.8 Å². The molecule has 0 radical (unpaired) electrons. The summed E-state index contributed by atoms with van der Waals surface area (Å²) in [5.74, 6) is 2.71. The van der Waals surface area contributed by atoms with E-state index in [0.717, 1.165) is 55.6 Å². The van der Waals surface area contributed by atoms with Crippen LogP contribution in [0.3, 0.4) is 0 Å². The summed E-state index contributed by atoms with van der Waals surface area (Å²) in [6.45, 7) is 4.38. The highest BCUT2D eigenvalue weighted by Crippen LogP contribution is 2.29. The van der Waals surface area contributed by atoms with Gasteiger partial charge in [-0.3, -0.25) is 4.79 Å². The van der Waals surface area contributed by atoms with Crippen LogP contribution in [0.25, 0.3) is 0 Å². The van der Waals surface area contributed by atoms with E-state index in [1.807, 2.05) is 48.5 Å². The van der Waals surface area contributed by atoms with Gasteiger partial charge in [-0.05, 0) is 62.8 Å². The first kappa shape index (κ1) is 16.2. The number of nitrogens with zero attached hydrogens (tertiary/aromatic N) is 3. The molecule has 1 saturated carbocycles. The molecule has 5 heteroatoms. The maximum absolute atomic E-state index is 12.8. The first-order valence-electron chi connectivity index (χ1n) is 9.22. The maximum Gasteiger partial charge on any atom is 0.253 e. The third-order valence-corrected chi connectivity index (χ3v) is 5.22. The van der Waals surface area contributed by atoms with Crippen LogP contribution >= 0.6 is 0 Å². The van der Waals surface area contributed by atoms with Gasteiger partial charge >= 0.3 is 0 Å². The molecule has 2 fully saturated rings. The monoisotopic (exact) mass is 339 g/mol. The summed E-state index contributed by atoms with van der Waals surface area (Å²) in [6.07, 6.45) is 8.52. The fourth-order valence-electron chi connectivity index (χ4n) is 3.51. The SMILES string of the molecule is Cc1nccn1[C@H]1CCCN(C(=O)c2ccc(OCC3CC3)cc2)C1. The van der Waals surface area contributed by atoms with Crippen molar-refractivity contribution in [2.24, 2.45) is 5.92 Å². The van der Waals surface area contributed by atoms with E-state index in [1.54, 1.807) is 0 Å². The van der Waals surface area contributed by atoms with Gasteiger partial charge in [0.1, 0.15) is 11.6 Å². The standard InChI is InChI=1S/C20H25N3O2/c1-15-21-10-12-23(15)18-3-2-11-22(13-18)20(24)17-6-8-19(9-7-17)25-14-16-4-5-16/h6-10,12,16,18H,2-5,11,13-14H2,1H3/t18-/m0/s1. The van der Waals surface area contributed by atoms with E-state index in [-0.39, 0.29) is 5.91 Å². The molecular formula is C20H25N3O2. The van der Waals surface area contributed by atoms with Crippen molar-refractivity contribution in [1.82, 2.24) is 14.5 Å². The molecule has 1 atom stereocenters. The minimum Gasteiger partial charge on any atom is -0.493 e. The van der Waals surface area contributed by atoms with E-state index in [1.165, 1.54) is 12.8 Å². The smallest absolute Gasteiger partial charge is 0.253 e. The van der Waals surface area contributed by atoms with Crippen LogP contribution in [0.2, 0.25) is 0 Å². The maximum atomic E-state index is 12.8. The summed E-state index contributed by atoms with van der Waals surface area (Å²) >= 11 is 0. The van der Waals surface area contributed by atoms with Crippen molar-refractivity contribution in [2.75, 3.05) is 19.7 Å². The molecule has 1 aliphatic heterocycles. The summed E-state index contributed by atoms with van der Waals surface area (Å²) < 4.78 is 7.94. The molecule has 1 amide bonds. The molecule has 5 nitrogen and oxygen atoms in total. The Morgan fingerprint density at radius 3 is 2.72 bits per heavy atom. The molecule has 1 aliphatic carbocycles. The van der Waals surface area contributed by atoms with Crippen LogP contribution in [-0.2, 0) is 0 Å². The van der Waals surface area contributed by atoms with Gasteiger partial charge in [-0.15, -0.1) is 0 Å². The van der Waals surface area contributed by atoms with E-state index < -0.39 is 0 Å². The number of likely N-dealkylation sites (tertiary alicyclic amines) is 1. The minimum atomic E-state index is 0.108. The summed E-state index contributed by atoms with van der Waals surface area (Å²) in [4.78, 5) is 19.1. The molecule has 2 aliphatic rings. The Morgan fingerprint density at radius 1 is 1.24 bits per heavy atom. The average Bonchev–Trinajstić information content (AvgIpc) is 3.39. The largest absolute Gasteiger partial charge is 0.493 e. The lowest BCUT2D eigenvalue weighted by Crippen LogP contribution is -2.40. The Labute approximate surface area is 148 Å². The fraction of sp³-hybridized carbons (Fsp3) is 0.500. The van der Waals surface area contributed by atoms with E-state index in [4.69, 9.17) is 4.74 Å². The quantitative estimate of drug-likeness (QED) is 0.838. The highest BCUT2D eigenvalue weighted by atomic mass is 16.5. The normalized spacial score (nSPS) is 20.5. The number of ether oxygens (including phenoxy) is 1. The second kappa shape index (κ2) is 6.90. The van der Waals surface area contributed by atoms with Crippen molar-refractivity contribution in [3.05, 3.63) is 48.0 Å². The lowest BCUT2D eigenvalue weighted by Gasteiger charge is -2.34. The van der Waals surface area contributed by atoms with Gasteiger partial charge in [-0.2, -0.15) is 0 Å². The predicted octanol–water partition coefficient (Wildman–Crippen LogP) is 3.46. The lowest BCUT2D eigenvalue weighted by molar-refractivity contribution is 0.0678. The van der Waals surface area contributed by atoms with Gasteiger partial charge in [0.25, 0.3) is 5.91 Å². The fourth-order valence-corrected chi connectivity index (χ4v) is 3.51. The number of benzene rings is 1. The van der Waals surface area contributed by atoms with E-state index >= 15 is 0 Å². The van der Waals surface area contributed by atoms with Crippen LogP contribution in [-0.4, -0.2) is 40.1 Å². The Morgan fingerprint density at radius 2 is 2.04 bits per heavy atom. The number of hydrogen-bond acceptors (Lipinski definition) is 3. The van der Waals surface area contributed by atoms with Gasteiger partial charge in [0.05, 0.1) is 12.6 Å². The molecule has 1 aromatic heterocycles. The van der Waals surface area contributed by atoms with Crippen LogP contribution in [0.1, 0.15) is 47.9 Å². The Kier molecular flexibility index (Phi) is 4.47. The molecule has 1 saturated heterocycles. The summed E-state index contributed by atoms with van der Waals surface area (Å²) in [5, 5.41) is 0. The lowest BCUT2D eigenvalue weighted by atomic mass is 10.0. The predicted molar refractivity (Wildman–Crippen MR) is 95.8 cm³/mol. The summed E-state index contributed by atoms with van der Waals surface area (Å²) in [5.41, 5.74) is 0.738. The van der Waals surface area contributed by atoms with Crippen LogP contribution in [0.15, 0.2) is 36.7 Å². The van der Waals surface area contributed by atoms with Gasteiger partial charge in [-0.25, -0.2) is 4.98 Å². The van der Waals surface area contributed by atoms with Crippen LogP contribution < -0.4 is 4.74 Å². The van der Waals surface area contributed by atoms with Crippen LogP contribution in [0.4, 0.5) is 0 Å². The Balaban J connectivity index is 1.40. The van der Waals surface area contributed by atoms with Crippen molar-refractivity contribution in [2.45, 2.75) is 38.6 Å². The van der Waals surface area contributed by atoms with Gasteiger partial charge < -0.3 is 14.2 Å². The van der Waals surface area contributed by atoms with Crippen molar-refractivity contribution in [3.63, 3.8) is 0 Å². The van der Waals surface area contributed by atoms with Crippen molar-refractivity contribution >= 4 is 5.91 Å². The Hall–Kier alpha value is -2.30. The average molecular weight is 339 g/mol. The van der Waals surface area contributed by atoms with Gasteiger partial charge in [-0.1, -0.05) is 0 Å². The number of hydrogen-bond donors (Lipinski definition) is 0. The molecule has 0 unspecified atom stereocenters. The van der Waals surface area contributed by atoms with Crippen molar-refractivity contribution in [1.29, 1.82) is 0 Å². The van der Waals surface area contributed by atoms with Crippen LogP contribution in [0.5, 0.6) is 5.75 Å². The number of amides is 1. The molecule has 25 heavy (non-hydrogen) atoms. The zero-order valence-electron chi connectivity index (χ0n) is 14.7. The molecule has 1 aromatic carbocycles. The molecule has 0 spiro atoms. The van der Waals surface area contributed by atoms with E-state index in [9.17, 15) is 4.79 Å². The molecule has 0 N–H and O–H groups in total. The zero-order chi connectivity index (χ0) is 17.2. The first-order valence-corrected chi connectivity index (χ1v) is 9.22. The number of piperidine rings is 1. The highest BCUT2D eigenvalue weighted by Gasteiger charge is 2.26. The molecule has 2 aromatic rings. The molecule has 132 valence electrons. The van der Waals surface area contributed by atoms with Gasteiger partial charge in [0, 0.05) is 31.0 Å². The topological polar surface area (TPSA) is 47.4 Å². The van der Waals surface area contributed by atoms with Crippen molar-refractivity contribution < 1.29 is 9.53 Å². The van der Waals surface area contributed by atoms with Gasteiger partial charge in [0.15, 0.2) is 0 Å². The third kappa shape index (κ3) is 3.70. The molecule has 0 bridgehead atoms. The number of carbonyl (C=O) groups excluding carboxylic acids is 1. The number of imidazole rings is 1. The highest BCUT2D eigenvalue weighted by molar-refractivity contribution is 5.94.